The standard InChI is InChI=1S/C14H18BrNO2S/c1-9-6-12(4-5-13(9)15)19(17,18)16-14-8-10-2-3-11(14)7-10/h4-6,10-11,14,16H,2-3,7-8H2,1H3. The number of rotatable bonds is 3. The van der Waals surface area contributed by atoms with E-state index in [0.717, 1.165) is 22.4 Å². The van der Waals surface area contributed by atoms with Crippen LogP contribution < -0.4 is 4.72 Å². The van der Waals surface area contributed by atoms with Gasteiger partial charge in [-0.1, -0.05) is 22.4 Å². The van der Waals surface area contributed by atoms with Gasteiger partial charge in [0.25, 0.3) is 0 Å². The maximum absolute atomic E-state index is 12.4. The average Bonchev–Trinajstić information content (AvgIpc) is 2.94. The predicted molar refractivity (Wildman–Crippen MR) is 78.4 cm³/mol. The Kier molecular flexibility index (Phi) is 3.48. The van der Waals surface area contributed by atoms with Gasteiger partial charge >= 0.3 is 0 Å². The highest BCUT2D eigenvalue weighted by atomic mass is 79.9. The van der Waals surface area contributed by atoms with Crippen molar-refractivity contribution >= 4 is 26.0 Å². The lowest BCUT2D eigenvalue weighted by Crippen LogP contribution is -2.38. The lowest BCUT2D eigenvalue weighted by molar-refractivity contribution is 0.390. The first kappa shape index (κ1) is 13.6. The molecule has 0 amide bonds. The van der Waals surface area contributed by atoms with Gasteiger partial charge in [0.15, 0.2) is 0 Å². The molecule has 3 atom stereocenters. The highest BCUT2D eigenvalue weighted by Crippen LogP contribution is 2.44. The number of hydrogen-bond acceptors (Lipinski definition) is 2. The van der Waals surface area contributed by atoms with E-state index in [9.17, 15) is 8.42 Å². The Bertz CT molecular complexity index is 599. The Balaban J connectivity index is 1.80. The molecule has 0 heterocycles. The summed E-state index contributed by atoms with van der Waals surface area (Å²) in [6, 6.07) is 5.32. The van der Waals surface area contributed by atoms with Crippen molar-refractivity contribution in [3.63, 3.8) is 0 Å². The molecule has 1 aromatic rings. The van der Waals surface area contributed by atoms with Gasteiger partial charge in [0, 0.05) is 10.5 Å². The third-order valence-electron chi connectivity index (χ3n) is 4.48. The van der Waals surface area contributed by atoms with Crippen LogP contribution in [0.4, 0.5) is 0 Å². The molecule has 2 bridgehead atoms. The first-order chi connectivity index (χ1) is 8.95. The van der Waals surface area contributed by atoms with E-state index >= 15 is 0 Å². The van der Waals surface area contributed by atoms with Crippen molar-refractivity contribution in [1.29, 1.82) is 0 Å². The molecule has 2 aliphatic carbocycles. The van der Waals surface area contributed by atoms with Crippen molar-refractivity contribution in [3.05, 3.63) is 28.2 Å². The minimum Gasteiger partial charge on any atom is -0.208 e. The largest absolute Gasteiger partial charge is 0.240 e. The average molecular weight is 344 g/mol. The molecule has 3 rings (SSSR count). The first-order valence-electron chi connectivity index (χ1n) is 6.74. The number of aryl methyl sites for hydroxylation is 1. The van der Waals surface area contributed by atoms with Crippen LogP contribution in [0, 0.1) is 18.8 Å². The van der Waals surface area contributed by atoms with Crippen LogP contribution in [0.1, 0.15) is 31.2 Å². The van der Waals surface area contributed by atoms with Crippen molar-refractivity contribution in [2.75, 3.05) is 0 Å². The molecule has 1 aromatic carbocycles. The van der Waals surface area contributed by atoms with E-state index in [4.69, 9.17) is 0 Å². The summed E-state index contributed by atoms with van der Waals surface area (Å²) >= 11 is 3.40. The molecule has 0 radical (unpaired) electrons. The number of nitrogens with one attached hydrogen (secondary N) is 1. The zero-order chi connectivity index (χ0) is 13.6. The molecule has 0 aromatic heterocycles. The van der Waals surface area contributed by atoms with Crippen molar-refractivity contribution in [3.8, 4) is 0 Å². The van der Waals surface area contributed by atoms with Crippen molar-refractivity contribution in [1.82, 2.24) is 4.72 Å². The van der Waals surface area contributed by atoms with E-state index in [1.807, 2.05) is 6.92 Å². The first-order valence-corrected chi connectivity index (χ1v) is 9.02. The fourth-order valence-electron chi connectivity index (χ4n) is 3.44. The summed E-state index contributed by atoms with van der Waals surface area (Å²) < 4.78 is 28.6. The number of fused-ring (bicyclic) bond motifs is 2. The van der Waals surface area contributed by atoms with E-state index in [-0.39, 0.29) is 6.04 Å². The minimum atomic E-state index is -3.38. The molecule has 104 valence electrons. The summed E-state index contributed by atoms with van der Waals surface area (Å²) in [4.78, 5) is 0.371. The SMILES string of the molecule is Cc1cc(S(=O)(=O)NC2CC3CCC2C3)ccc1Br. The van der Waals surface area contributed by atoms with Crippen LogP contribution in [-0.4, -0.2) is 14.5 Å². The second-order valence-electron chi connectivity index (χ2n) is 5.81. The van der Waals surface area contributed by atoms with Gasteiger partial charge in [-0.25, -0.2) is 13.1 Å². The van der Waals surface area contributed by atoms with E-state index < -0.39 is 10.0 Å². The molecule has 2 fully saturated rings. The highest BCUT2D eigenvalue weighted by molar-refractivity contribution is 9.10. The molecule has 0 aliphatic heterocycles. The quantitative estimate of drug-likeness (QED) is 0.915. The van der Waals surface area contributed by atoms with Gasteiger partial charge in [-0.05, 0) is 61.8 Å². The fraction of sp³-hybridized carbons (Fsp3) is 0.571. The van der Waals surface area contributed by atoms with Gasteiger partial charge in [-0.2, -0.15) is 0 Å². The Morgan fingerprint density at radius 1 is 1.26 bits per heavy atom. The van der Waals surface area contributed by atoms with Crippen molar-refractivity contribution in [2.45, 2.75) is 43.5 Å². The second-order valence-corrected chi connectivity index (χ2v) is 8.38. The summed E-state index contributed by atoms with van der Waals surface area (Å²) in [6.07, 6.45) is 4.67. The van der Waals surface area contributed by atoms with Crippen LogP contribution in [0.5, 0.6) is 0 Å². The molecule has 1 N–H and O–H groups in total. The minimum absolute atomic E-state index is 0.146. The van der Waals surface area contributed by atoms with Crippen LogP contribution in [0.3, 0.4) is 0 Å². The maximum Gasteiger partial charge on any atom is 0.240 e. The normalized spacial score (nSPS) is 29.9. The van der Waals surface area contributed by atoms with Crippen molar-refractivity contribution < 1.29 is 8.42 Å². The summed E-state index contributed by atoms with van der Waals surface area (Å²) in [6.45, 7) is 1.90. The number of hydrogen-bond donors (Lipinski definition) is 1. The fourth-order valence-corrected chi connectivity index (χ4v) is 5.09. The molecule has 0 spiro atoms. The summed E-state index contributed by atoms with van der Waals surface area (Å²) in [5.74, 6) is 1.29. The molecule has 2 aliphatic rings. The van der Waals surface area contributed by atoms with Crippen LogP contribution in [0.15, 0.2) is 27.6 Å². The van der Waals surface area contributed by atoms with E-state index in [1.165, 1.54) is 19.3 Å². The summed E-state index contributed by atoms with van der Waals surface area (Å²) in [5, 5.41) is 0. The molecular formula is C14H18BrNO2S. The molecule has 5 heteroatoms. The van der Waals surface area contributed by atoms with Gasteiger partial charge < -0.3 is 0 Å². The number of benzene rings is 1. The Labute approximate surface area is 123 Å². The van der Waals surface area contributed by atoms with Crippen molar-refractivity contribution in [2.24, 2.45) is 11.8 Å². The lowest BCUT2D eigenvalue weighted by atomic mass is 9.96. The van der Waals surface area contributed by atoms with Gasteiger partial charge in [0.05, 0.1) is 4.90 Å². The predicted octanol–water partition coefficient (Wildman–Crippen LogP) is 3.22. The topological polar surface area (TPSA) is 46.2 Å². The van der Waals surface area contributed by atoms with Crippen LogP contribution in [-0.2, 0) is 10.0 Å². The molecule has 19 heavy (non-hydrogen) atoms. The van der Waals surface area contributed by atoms with Crippen LogP contribution in [0.2, 0.25) is 0 Å². The maximum atomic E-state index is 12.4. The smallest absolute Gasteiger partial charge is 0.208 e. The molecule has 3 nitrogen and oxygen atoms in total. The third-order valence-corrected chi connectivity index (χ3v) is 6.86. The van der Waals surface area contributed by atoms with Gasteiger partial charge in [-0.15, -0.1) is 0 Å². The van der Waals surface area contributed by atoms with E-state index in [0.29, 0.717) is 10.8 Å². The third kappa shape index (κ3) is 2.60. The summed E-state index contributed by atoms with van der Waals surface area (Å²) in [5.41, 5.74) is 0.941. The Morgan fingerprint density at radius 3 is 2.63 bits per heavy atom. The zero-order valence-corrected chi connectivity index (χ0v) is 13.3. The Hall–Kier alpha value is -0.390. The highest BCUT2D eigenvalue weighted by Gasteiger charge is 2.41. The molecule has 0 saturated heterocycles. The van der Waals surface area contributed by atoms with Crippen LogP contribution >= 0.6 is 15.9 Å². The van der Waals surface area contributed by atoms with E-state index in [1.54, 1.807) is 18.2 Å². The zero-order valence-electron chi connectivity index (χ0n) is 10.9. The lowest BCUT2D eigenvalue weighted by Gasteiger charge is -2.22. The second kappa shape index (κ2) is 4.86. The van der Waals surface area contributed by atoms with E-state index in [2.05, 4.69) is 20.7 Å². The van der Waals surface area contributed by atoms with Gasteiger partial charge in [-0.3, -0.25) is 0 Å². The van der Waals surface area contributed by atoms with Gasteiger partial charge in [0.2, 0.25) is 10.0 Å². The Morgan fingerprint density at radius 2 is 2.05 bits per heavy atom. The number of sulfonamides is 1. The molecule has 2 saturated carbocycles. The molecular weight excluding hydrogens is 326 g/mol. The summed E-state index contributed by atoms with van der Waals surface area (Å²) in [7, 11) is -3.38. The molecule has 3 unspecified atom stereocenters. The number of halogens is 1. The van der Waals surface area contributed by atoms with Gasteiger partial charge in [0.1, 0.15) is 0 Å². The monoisotopic (exact) mass is 343 g/mol. The van der Waals surface area contributed by atoms with Crippen LogP contribution in [0.25, 0.3) is 0 Å².